The number of aromatic nitrogens is 1. The van der Waals surface area contributed by atoms with Gasteiger partial charge in [0, 0.05) is 11.6 Å². The fourth-order valence-corrected chi connectivity index (χ4v) is 1.24. The molecule has 1 rings (SSSR count). The Morgan fingerprint density at radius 1 is 1.47 bits per heavy atom. The molecule has 1 aromatic rings. The van der Waals surface area contributed by atoms with E-state index in [9.17, 15) is 17.6 Å². The average Bonchev–Trinajstić information content (AvgIpc) is 2.22. The molecule has 0 unspecified atom stereocenters. The van der Waals surface area contributed by atoms with Gasteiger partial charge in [0.15, 0.2) is 0 Å². The Bertz CT molecular complexity index is 451. The van der Waals surface area contributed by atoms with Gasteiger partial charge >= 0.3 is 6.36 Å². The monoisotopic (exact) mass is 248 g/mol. The van der Waals surface area contributed by atoms with E-state index < -0.39 is 18.8 Å². The molecular formula is C10H8F4N2O. The number of halogens is 4. The van der Waals surface area contributed by atoms with Crippen LogP contribution in [0.4, 0.5) is 17.6 Å². The van der Waals surface area contributed by atoms with E-state index in [4.69, 9.17) is 5.26 Å². The average molecular weight is 248 g/mol. The summed E-state index contributed by atoms with van der Waals surface area (Å²) in [4.78, 5) is 3.73. The van der Waals surface area contributed by atoms with E-state index in [1.54, 1.807) is 6.07 Å². The van der Waals surface area contributed by atoms with E-state index in [1.807, 2.05) is 0 Å². The molecule has 0 saturated carbocycles. The van der Waals surface area contributed by atoms with Crippen molar-refractivity contribution in [3.8, 4) is 11.8 Å². The zero-order valence-corrected chi connectivity index (χ0v) is 8.81. The minimum Gasteiger partial charge on any atom is -0.405 e. The number of hydrogen-bond donors (Lipinski definition) is 0. The van der Waals surface area contributed by atoms with Gasteiger partial charge in [-0.3, -0.25) is 4.98 Å². The smallest absolute Gasteiger partial charge is 0.405 e. The van der Waals surface area contributed by atoms with Crippen LogP contribution in [0.5, 0.6) is 5.75 Å². The van der Waals surface area contributed by atoms with Crippen molar-refractivity contribution in [3.05, 3.63) is 23.0 Å². The molecular weight excluding hydrogens is 240 g/mol. The molecule has 0 amide bonds. The van der Waals surface area contributed by atoms with E-state index in [-0.39, 0.29) is 23.4 Å². The van der Waals surface area contributed by atoms with Crippen molar-refractivity contribution in [1.82, 2.24) is 4.98 Å². The molecule has 3 nitrogen and oxygen atoms in total. The predicted octanol–water partition coefficient (Wildman–Crippen LogP) is 2.82. The number of alkyl halides is 4. The summed E-state index contributed by atoms with van der Waals surface area (Å²) in [5.41, 5.74) is -0.0249. The van der Waals surface area contributed by atoms with E-state index in [1.165, 1.54) is 6.92 Å². The minimum atomic E-state index is -4.86. The first kappa shape index (κ1) is 13.2. The van der Waals surface area contributed by atoms with Gasteiger partial charge in [0.25, 0.3) is 0 Å². The molecule has 0 spiro atoms. The van der Waals surface area contributed by atoms with Gasteiger partial charge < -0.3 is 4.74 Å². The van der Waals surface area contributed by atoms with Gasteiger partial charge in [-0.1, -0.05) is 0 Å². The standard InChI is InChI=1S/C10H8F4N2O/c1-6-8(2-3-15)16-7(5-11)4-9(6)17-10(12,13)14/h4H,2,5H2,1H3. The van der Waals surface area contributed by atoms with Crippen LogP contribution < -0.4 is 4.74 Å². The molecule has 92 valence electrons. The minimum absolute atomic E-state index is 0.0843. The van der Waals surface area contributed by atoms with E-state index in [0.717, 1.165) is 6.07 Å². The molecule has 1 aromatic heterocycles. The molecule has 0 aliphatic heterocycles. The maximum Gasteiger partial charge on any atom is 0.573 e. The number of rotatable bonds is 3. The van der Waals surface area contributed by atoms with E-state index in [0.29, 0.717) is 0 Å². The van der Waals surface area contributed by atoms with Gasteiger partial charge in [-0.05, 0) is 6.92 Å². The van der Waals surface area contributed by atoms with Crippen molar-refractivity contribution < 1.29 is 22.3 Å². The molecule has 0 saturated heterocycles. The van der Waals surface area contributed by atoms with Crippen molar-refractivity contribution in [1.29, 1.82) is 5.26 Å². The molecule has 0 fully saturated rings. The summed E-state index contributed by atoms with van der Waals surface area (Å²) >= 11 is 0. The third kappa shape index (κ3) is 3.59. The normalized spacial score (nSPS) is 11.1. The number of nitriles is 1. The molecule has 0 N–H and O–H groups in total. The molecule has 0 aliphatic carbocycles. The maximum absolute atomic E-state index is 12.4. The van der Waals surface area contributed by atoms with Gasteiger partial charge in [0.05, 0.1) is 23.9 Å². The van der Waals surface area contributed by atoms with Gasteiger partial charge in [-0.25, -0.2) is 4.39 Å². The van der Waals surface area contributed by atoms with E-state index >= 15 is 0 Å². The van der Waals surface area contributed by atoms with Crippen LogP contribution in [0, 0.1) is 18.3 Å². The van der Waals surface area contributed by atoms with E-state index in [2.05, 4.69) is 9.72 Å². The van der Waals surface area contributed by atoms with Crippen LogP contribution in [-0.2, 0) is 13.1 Å². The second kappa shape index (κ2) is 4.99. The Hall–Kier alpha value is -1.84. The SMILES string of the molecule is Cc1c(OC(F)(F)F)cc(CF)nc1CC#N. The summed E-state index contributed by atoms with van der Waals surface area (Å²) in [5, 5.41) is 8.48. The summed E-state index contributed by atoms with van der Waals surface area (Å²) in [5.74, 6) is -0.523. The second-order valence-electron chi connectivity index (χ2n) is 3.20. The predicted molar refractivity (Wildman–Crippen MR) is 49.8 cm³/mol. The summed E-state index contributed by atoms with van der Waals surface area (Å²) in [6.45, 7) is 0.315. The summed E-state index contributed by atoms with van der Waals surface area (Å²) in [6.07, 6.45) is -5.06. The Morgan fingerprint density at radius 2 is 2.12 bits per heavy atom. The fourth-order valence-electron chi connectivity index (χ4n) is 1.24. The van der Waals surface area contributed by atoms with Gasteiger partial charge in [0.1, 0.15) is 12.4 Å². The molecule has 0 aromatic carbocycles. The van der Waals surface area contributed by atoms with Crippen LogP contribution >= 0.6 is 0 Å². The number of pyridine rings is 1. The Kier molecular flexibility index (Phi) is 3.89. The van der Waals surface area contributed by atoms with Crippen molar-refractivity contribution in [2.45, 2.75) is 26.4 Å². The van der Waals surface area contributed by atoms with Crippen LogP contribution in [0.2, 0.25) is 0 Å². The highest BCUT2D eigenvalue weighted by molar-refractivity contribution is 5.38. The van der Waals surface area contributed by atoms with Gasteiger partial charge in [0.2, 0.25) is 0 Å². The van der Waals surface area contributed by atoms with Crippen LogP contribution in [0.15, 0.2) is 6.07 Å². The molecule has 1 heterocycles. The van der Waals surface area contributed by atoms with Crippen molar-refractivity contribution in [2.75, 3.05) is 0 Å². The largest absolute Gasteiger partial charge is 0.573 e. The first-order valence-corrected chi connectivity index (χ1v) is 4.55. The topological polar surface area (TPSA) is 45.9 Å². The Labute approximate surface area is 94.6 Å². The molecule has 17 heavy (non-hydrogen) atoms. The highest BCUT2D eigenvalue weighted by atomic mass is 19.4. The summed E-state index contributed by atoms with van der Waals surface area (Å²) in [7, 11) is 0. The first-order chi connectivity index (χ1) is 7.87. The molecule has 0 aliphatic rings. The first-order valence-electron chi connectivity index (χ1n) is 4.55. The second-order valence-corrected chi connectivity index (χ2v) is 3.20. The summed E-state index contributed by atoms with van der Waals surface area (Å²) < 4.78 is 52.4. The third-order valence-corrected chi connectivity index (χ3v) is 1.99. The highest BCUT2D eigenvalue weighted by Crippen LogP contribution is 2.28. The van der Waals surface area contributed by atoms with Crippen molar-refractivity contribution in [2.24, 2.45) is 0 Å². The number of hydrogen-bond acceptors (Lipinski definition) is 3. The van der Waals surface area contributed by atoms with Crippen LogP contribution in [0.1, 0.15) is 17.0 Å². The van der Waals surface area contributed by atoms with Gasteiger partial charge in [-0.15, -0.1) is 13.2 Å². The highest BCUT2D eigenvalue weighted by Gasteiger charge is 2.32. The zero-order valence-electron chi connectivity index (χ0n) is 8.81. The van der Waals surface area contributed by atoms with Crippen molar-refractivity contribution in [3.63, 3.8) is 0 Å². The number of nitrogens with zero attached hydrogens (tertiary/aromatic N) is 2. The van der Waals surface area contributed by atoms with Crippen LogP contribution in [-0.4, -0.2) is 11.3 Å². The lowest BCUT2D eigenvalue weighted by Gasteiger charge is -2.13. The van der Waals surface area contributed by atoms with Crippen LogP contribution in [0.25, 0.3) is 0 Å². The van der Waals surface area contributed by atoms with Crippen LogP contribution in [0.3, 0.4) is 0 Å². The molecule has 0 radical (unpaired) electrons. The molecule has 0 atom stereocenters. The Morgan fingerprint density at radius 3 is 2.59 bits per heavy atom. The maximum atomic E-state index is 12.4. The third-order valence-electron chi connectivity index (χ3n) is 1.99. The van der Waals surface area contributed by atoms with Gasteiger partial charge in [-0.2, -0.15) is 5.26 Å². The Balaban J connectivity index is 3.20. The summed E-state index contributed by atoms with van der Waals surface area (Å²) in [6, 6.07) is 2.62. The number of ether oxygens (including phenoxy) is 1. The quantitative estimate of drug-likeness (QED) is 0.772. The molecule has 7 heteroatoms. The lowest BCUT2D eigenvalue weighted by Crippen LogP contribution is -2.18. The lowest BCUT2D eigenvalue weighted by atomic mass is 10.1. The zero-order chi connectivity index (χ0) is 13.1. The lowest BCUT2D eigenvalue weighted by molar-refractivity contribution is -0.274. The molecule has 0 bridgehead atoms. The van der Waals surface area contributed by atoms with Crippen molar-refractivity contribution >= 4 is 0 Å². The fraction of sp³-hybridized carbons (Fsp3) is 0.400.